The first-order chi connectivity index (χ1) is 10.8. The molecule has 6 heteroatoms. The van der Waals surface area contributed by atoms with Crippen molar-refractivity contribution in [3.63, 3.8) is 0 Å². The van der Waals surface area contributed by atoms with E-state index in [-0.39, 0.29) is 18.1 Å². The van der Waals surface area contributed by atoms with Crippen LogP contribution in [0.3, 0.4) is 0 Å². The van der Waals surface area contributed by atoms with Crippen molar-refractivity contribution in [3.8, 4) is 11.3 Å². The summed E-state index contributed by atoms with van der Waals surface area (Å²) in [7, 11) is 0. The van der Waals surface area contributed by atoms with Gasteiger partial charge in [-0.05, 0) is 24.3 Å². The van der Waals surface area contributed by atoms with Gasteiger partial charge >= 0.3 is 5.97 Å². The van der Waals surface area contributed by atoms with E-state index in [0.717, 1.165) is 0 Å². The number of ether oxygens (including phenoxy) is 1. The predicted molar refractivity (Wildman–Crippen MR) is 80.3 cm³/mol. The molecule has 110 valence electrons. The number of carbonyl (C=O) groups excluding carboxylic acids is 1. The van der Waals surface area contributed by atoms with Crippen LogP contribution in [-0.2, 0) is 11.3 Å². The average molecular weight is 315 g/mol. The number of nitrogens with zero attached hydrogens (tertiary/aromatic N) is 2. The Bertz CT molecular complexity index is 787. The summed E-state index contributed by atoms with van der Waals surface area (Å²) in [5.74, 6) is -0.300. The van der Waals surface area contributed by atoms with Gasteiger partial charge in [-0.1, -0.05) is 29.8 Å². The Morgan fingerprint density at radius 1 is 1.14 bits per heavy atom. The first kappa shape index (κ1) is 14.3. The molecule has 2 aromatic heterocycles. The molecule has 3 aromatic rings. The van der Waals surface area contributed by atoms with Gasteiger partial charge < -0.3 is 9.15 Å². The first-order valence-electron chi connectivity index (χ1n) is 6.51. The van der Waals surface area contributed by atoms with Crippen molar-refractivity contribution in [2.45, 2.75) is 6.61 Å². The van der Waals surface area contributed by atoms with Crippen LogP contribution in [0.1, 0.15) is 16.2 Å². The Hall–Kier alpha value is -2.66. The summed E-state index contributed by atoms with van der Waals surface area (Å²) in [6, 6.07) is 12.4. The van der Waals surface area contributed by atoms with Crippen molar-refractivity contribution in [3.05, 3.63) is 71.5 Å². The molecule has 0 radical (unpaired) electrons. The fourth-order valence-corrected chi connectivity index (χ4v) is 2.14. The molecule has 0 spiro atoms. The van der Waals surface area contributed by atoms with Crippen molar-refractivity contribution in [1.82, 2.24) is 9.97 Å². The van der Waals surface area contributed by atoms with Crippen LogP contribution in [0.25, 0.3) is 11.3 Å². The van der Waals surface area contributed by atoms with Crippen LogP contribution >= 0.6 is 11.6 Å². The molecule has 0 unspecified atom stereocenters. The zero-order valence-electron chi connectivity index (χ0n) is 11.4. The fourth-order valence-electron chi connectivity index (χ4n) is 1.92. The molecule has 0 saturated carbocycles. The third-order valence-electron chi connectivity index (χ3n) is 2.96. The SMILES string of the molecule is O=C(OCc1ccccn1)c1ncoc1-c1ccccc1Cl. The Morgan fingerprint density at radius 3 is 2.73 bits per heavy atom. The van der Waals surface area contributed by atoms with Crippen molar-refractivity contribution >= 4 is 17.6 Å². The highest BCUT2D eigenvalue weighted by Gasteiger charge is 2.21. The molecule has 0 aliphatic carbocycles. The van der Waals surface area contributed by atoms with Crippen LogP contribution in [0.4, 0.5) is 0 Å². The normalized spacial score (nSPS) is 10.4. The molecule has 2 heterocycles. The number of esters is 1. The summed E-state index contributed by atoms with van der Waals surface area (Å²) < 4.78 is 10.5. The molecule has 22 heavy (non-hydrogen) atoms. The largest absolute Gasteiger partial charge is 0.454 e. The standard InChI is InChI=1S/C16H11ClN2O3/c17-13-7-2-1-6-12(13)15-14(19-10-22-15)16(20)21-9-11-5-3-4-8-18-11/h1-8,10H,9H2. The van der Waals surface area contributed by atoms with Crippen molar-refractivity contribution in [1.29, 1.82) is 0 Å². The Labute approximate surface area is 131 Å². The van der Waals surface area contributed by atoms with E-state index in [2.05, 4.69) is 9.97 Å². The highest BCUT2D eigenvalue weighted by Crippen LogP contribution is 2.30. The van der Waals surface area contributed by atoms with E-state index >= 15 is 0 Å². The maximum absolute atomic E-state index is 12.2. The lowest BCUT2D eigenvalue weighted by Crippen LogP contribution is -2.07. The van der Waals surface area contributed by atoms with Crippen LogP contribution in [0, 0.1) is 0 Å². The smallest absolute Gasteiger partial charge is 0.361 e. The van der Waals surface area contributed by atoms with Gasteiger partial charge in [0.15, 0.2) is 17.8 Å². The van der Waals surface area contributed by atoms with Crippen molar-refractivity contribution in [2.24, 2.45) is 0 Å². The van der Waals surface area contributed by atoms with E-state index in [4.69, 9.17) is 20.8 Å². The lowest BCUT2D eigenvalue weighted by molar-refractivity contribution is 0.0462. The van der Waals surface area contributed by atoms with E-state index in [0.29, 0.717) is 16.3 Å². The monoisotopic (exact) mass is 314 g/mol. The van der Waals surface area contributed by atoms with Crippen molar-refractivity contribution < 1.29 is 13.9 Å². The second-order valence-corrected chi connectivity index (χ2v) is 4.81. The summed E-state index contributed by atoms with van der Waals surface area (Å²) in [5.41, 5.74) is 1.33. The molecule has 0 fully saturated rings. The molecule has 5 nitrogen and oxygen atoms in total. The molecule has 0 amide bonds. The number of hydrogen-bond donors (Lipinski definition) is 0. The van der Waals surface area contributed by atoms with Gasteiger partial charge in [0.25, 0.3) is 0 Å². The number of aromatic nitrogens is 2. The fraction of sp³-hybridized carbons (Fsp3) is 0.0625. The maximum atomic E-state index is 12.2. The molecule has 0 saturated heterocycles. The van der Waals surface area contributed by atoms with Gasteiger partial charge in [-0.25, -0.2) is 9.78 Å². The lowest BCUT2D eigenvalue weighted by atomic mass is 10.1. The van der Waals surface area contributed by atoms with E-state index in [9.17, 15) is 4.79 Å². The van der Waals surface area contributed by atoms with Gasteiger partial charge in [0.1, 0.15) is 6.61 Å². The summed E-state index contributed by atoms with van der Waals surface area (Å²) >= 11 is 6.12. The second kappa shape index (κ2) is 6.41. The second-order valence-electron chi connectivity index (χ2n) is 4.41. The van der Waals surface area contributed by atoms with Crippen LogP contribution < -0.4 is 0 Å². The summed E-state index contributed by atoms with van der Waals surface area (Å²) in [6.45, 7) is 0.0640. The molecular formula is C16H11ClN2O3. The van der Waals surface area contributed by atoms with Gasteiger partial charge in [0.2, 0.25) is 0 Å². The van der Waals surface area contributed by atoms with E-state index in [1.807, 2.05) is 6.07 Å². The summed E-state index contributed by atoms with van der Waals surface area (Å²) in [4.78, 5) is 20.2. The number of benzene rings is 1. The topological polar surface area (TPSA) is 65.2 Å². The number of pyridine rings is 1. The van der Waals surface area contributed by atoms with Gasteiger partial charge in [0.05, 0.1) is 10.7 Å². The minimum Gasteiger partial charge on any atom is -0.454 e. The van der Waals surface area contributed by atoms with E-state index in [1.165, 1.54) is 6.39 Å². The third kappa shape index (κ3) is 2.99. The van der Waals surface area contributed by atoms with Crippen LogP contribution in [0.5, 0.6) is 0 Å². The number of hydrogen-bond acceptors (Lipinski definition) is 5. The predicted octanol–water partition coefficient (Wildman–Crippen LogP) is 3.75. The summed E-state index contributed by atoms with van der Waals surface area (Å²) in [6.07, 6.45) is 2.82. The molecule has 0 bridgehead atoms. The van der Waals surface area contributed by atoms with Crippen LogP contribution in [-0.4, -0.2) is 15.9 Å². The molecule has 0 aliphatic rings. The summed E-state index contributed by atoms with van der Waals surface area (Å²) in [5, 5.41) is 0.470. The Kier molecular flexibility index (Phi) is 4.16. The van der Waals surface area contributed by atoms with Crippen molar-refractivity contribution in [2.75, 3.05) is 0 Å². The highest BCUT2D eigenvalue weighted by atomic mass is 35.5. The molecule has 1 aromatic carbocycles. The van der Waals surface area contributed by atoms with Gasteiger partial charge in [-0.2, -0.15) is 0 Å². The van der Waals surface area contributed by atoms with Gasteiger partial charge in [-0.3, -0.25) is 4.98 Å². The number of rotatable bonds is 4. The molecule has 0 atom stereocenters. The maximum Gasteiger partial charge on any atom is 0.361 e. The molecular weight excluding hydrogens is 304 g/mol. The van der Waals surface area contributed by atoms with E-state index in [1.54, 1.807) is 42.6 Å². The van der Waals surface area contributed by atoms with Crippen LogP contribution in [0.2, 0.25) is 5.02 Å². The number of carbonyl (C=O) groups is 1. The zero-order chi connectivity index (χ0) is 15.4. The van der Waals surface area contributed by atoms with Gasteiger partial charge in [0, 0.05) is 11.8 Å². The Morgan fingerprint density at radius 2 is 1.95 bits per heavy atom. The minimum absolute atomic E-state index is 0.0640. The molecule has 3 rings (SSSR count). The van der Waals surface area contributed by atoms with Crippen LogP contribution in [0.15, 0.2) is 59.5 Å². The average Bonchev–Trinajstić information content (AvgIpc) is 3.03. The van der Waals surface area contributed by atoms with Gasteiger partial charge in [-0.15, -0.1) is 0 Å². The zero-order valence-corrected chi connectivity index (χ0v) is 12.2. The minimum atomic E-state index is -0.589. The molecule has 0 N–H and O–H groups in total. The third-order valence-corrected chi connectivity index (χ3v) is 3.29. The van der Waals surface area contributed by atoms with E-state index < -0.39 is 5.97 Å². The quantitative estimate of drug-likeness (QED) is 0.686. The number of halogens is 1. The lowest BCUT2D eigenvalue weighted by Gasteiger charge is -2.04. The molecule has 0 aliphatic heterocycles. The first-order valence-corrected chi connectivity index (χ1v) is 6.89. The highest BCUT2D eigenvalue weighted by molar-refractivity contribution is 6.33. The Balaban J connectivity index is 1.80. The number of oxazole rings is 1.